The van der Waals surface area contributed by atoms with Gasteiger partial charge in [0, 0.05) is 10.6 Å². The Morgan fingerprint density at radius 1 is 1.21 bits per heavy atom. The van der Waals surface area contributed by atoms with Crippen LogP contribution in [-0.2, 0) is 14.3 Å². The highest BCUT2D eigenvalue weighted by atomic mass is 35.5. The molecule has 28 heavy (non-hydrogen) atoms. The number of aryl methyl sites for hydroxylation is 1. The lowest BCUT2D eigenvalue weighted by Gasteiger charge is -2.13. The monoisotopic (exact) mass is 422 g/mol. The van der Waals surface area contributed by atoms with Crippen LogP contribution in [0.1, 0.15) is 41.8 Å². The molecular weight excluding hydrogens is 400 g/mol. The smallest absolute Gasteiger partial charge is 0.307 e. The summed E-state index contributed by atoms with van der Waals surface area (Å²) in [5, 5.41) is 5.37. The summed E-state index contributed by atoms with van der Waals surface area (Å²) in [5.41, 5.74) is 7.43. The van der Waals surface area contributed by atoms with Crippen molar-refractivity contribution in [2.45, 2.75) is 33.2 Å². The number of nitrogens with one attached hydrogen (secondary N) is 1. The van der Waals surface area contributed by atoms with Gasteiger partial charge in [-0.05, 0) is 48.1 Å². The van der Waals surface area contributed by atoms with Crippen molar-refractivity contribution in [1.82, 2.24) is 0 Å². The van der Waals surface area contributed by atoms with Gasteiger partial charge in [-0.3, -0.25) is 14.4 Å². The number of ketones is 1. The lowest BCUT2D eigenvalue weighted by molar-refractivity contribution is -0.146. The number of esters is 1. The Morgan fingerprint density at radius 2 is 1.86 bits per heavy atom. The SMILES string of the molecule is Cc1csc(NC(=O)[C@@H](N)CC(=O)OCC(C)C)c1C(=O)c1ccc(Cl)cc1. The molecule has 0 spiro atoms. The van der Waals surface area contributed by atoms with E-state index in [-0.39, 0.29) is 24.7 Å². The summed E-state index contributed by atoms with van der Waals surface area (Å²) >= 11 is 7.10. The maximum atomic E-state index is 12.8. The average Bonchev–Trinajstić information content (AvgIpc) is 3.00. The zero-order chi connectivity index (χ0) is 20.8. The molecule has 1 aromatic carbocycles. The molecule has 3 N–H and O–H groups in total. The maximum Gasteiger partial charge on any atom is 0.307 e. The van der Waals surface area contributed by atoms with Gasteiger partial charge in [-0.25, -0.2) is 0 Å². The van der Waals surface area contributed by atoms with Crippen molar-refractivity contribution < 1.29 is 19.1 Å². The first-order valence-electron chi connectivity index (χ1n) is 8.79. The number of thiophene rings is 1. The Balaban J connectivity index is 2.08. The van der Waals surface area contributed by atoms with E-state index in [4.69, 9.17) is 22.1 Å². The molecule has 0 saturated carbocycles. The largest absolute Gasteiger partial charge is 0.465 e. The van der Waals surface area contributed by atoms with E-state index in [0.29, 0.717) is 21.2 Å². The number of hydrogen-bond donors (Lipinski definition) is 2. The fourth-order valence-corrected chi connectivity index (χ4v) is 3.43. The van der Waals surface area contributed by atoms with Gasteiger partial charge in [-0.15, -0.1) is 11.3 Å². The van der Waals surface area contributed by atoms with E-state index in [0.717, 1.165) is 5.56 Å². The fourth-order valence-electron chi connectivity index (χ4n) is 2.36. The molecule has 0 saturated heterocycles. The van der Waals surface area contributed by atoms with Crippen LogP contribution < -0.4 is 11.1 Å². The van der Waals surface area contributed by atoms with Crippen molar-refractivity contribution in [3.05, 3.63) is 51.4 Å². The van der Waals surface area contributed by atoms with E-state index in [2.05, 4.69) is 5.32 Å². The van der Waals surface area contributed by atoms with Gasteiger partial charge in [0.05, 0.1) is 24.6 Å². The highest BCUT2D eigenvalue weighted by molar-refractivity contribution is 7.15. The number of anilines is 1. The van der Waals surface area contributed by atoms with Crippen molar-refractivity contribution in [3.63, 3.8) is 0 Å². The van der Waals surface area contributed by atoms with Crippen molar-refractivity contribution in [2.75, 3.05) is 11.9 Å². The topological polar surface area (TPSA) is 98.5 Å². The summed E-state index contributed by atoms with van der Waals surface area (Å²) in [7, 11) is 0. The third-order valence-electron chi connectivity index (χ3n) is 3.85. The molecule has 1 atom stereocenters. The number of carbonyl (C=O) groups excluding carboxylic acids is 3. The summed E-state index contributed by atoms with van der Waals surface area (Å²) in [6, 6.07) is 5.45. The first-order valence-corrected chi connectivity index (χ1v) is 10.0. The first-order chi connectivity index (χ1) is 13.2. The number of amides is 1. The highest BCUT2D eigenvalue weighted by Gasteiger charge is 2.24. The van der Waals surface area contributed by atoms with Gasteiger partial charge in [0.1, 0.15) is 5.00 Å². The van der Waals surface area contributed by atoms with Crippen LogP contribution in [0, 0.1) is 12.8 Å². The van der Waals surface area contributed by atoms with Crippen molar-refractivity contribution in [3.8, 4) is 0 Å². The molecule has 0 aliphatic heterocycles. The van der Waals surface area contributed by atoms with Crippen LogP contribution in [0.15, 0.2) is 29.6 Å². The Kier molecular flexibility index (Phi) is 7.74. The minimum Gasteiger partial charge on any atom is -0.465 e. The van der Waals surface area contributed by atoms with Gasteiger partial charge in [-0.1, -0.05) is 25.4 Å². The summed E-state index contributed by atoms with van der Waals surface area (Å²) in [5.74, 6) is -1.11. The van der Waals surface area contributed by atoms with Crippen molar-refractivity contribution in [2.24, 2.45) is 11.7 Å². The van der Waals surface area contributed by atoms with Crippen LogP contribution in [0.5, 0.6) is 0 Å². The summed E-state index contributed by atoms with van der Waals surface area (Å²) in [6.07, 6.45) is -0.233. The first kappa shape index (κ1) is 22.1. The Labute approximate surface area is 173 Å². The number of benzene rings is 1. The zero-order valence-electron chi connectivity index (χ0n) is 16.0. The average molecular weight is 423 g/mol. The lowest BCUT2D eigenvalue weighted by Crippen LogP contribution is -2.38. The minimum atomic E-state index is -1.07. The zero-order valence-corrected chi connectivity index (χ0v) is 17.5. The third-order valence-corrected chi connectivity index (χ3v) is 5.11. The molecule has 0 aliphatic rings. The van der Waals surface area contributed by atoms with Gasteiger partial charge in [0.25, 0.3) is 0 Å². The number of nitrogens with two attached hydrogens (primary N) is 1. The normalized spacial score (nSPS) is 11.9. The number of carbonyl (C=O) groups is 3. The van der Waals surface area contributed by atoms with E-state index < -0.39 is 17.9 Å². The van der Waals surface area contributed by atoms with E-state index in [9.17, 15) is 14.4 Å². The lowest BCUT2D eigenvalue weighted by atomic mass is 10.0. The standard InChI is InChI=1S/C20H23ClN2O4S/c1-11(2)9-27-16(24)8-15(22)19(26)23-20-17(12(3)10-28-20)18(25)13-4-6-14(21)7-5-13/h4-7,10-11,15H,8-9,22H2,1-3H3,(H,23,26)/t15-/m0/s1. The van der Waals surface area contributed by atoms with Crippen LogP contribution >= 0.6 is 22.9 Å². The molecule has 0 unspecified atom stereocenters. The number of ether oxygens (including phenoxy) is 1. The maximum absolute atomic E-state index is 12.8. The third kappa shape index (κ3) is 5.89. The minimum absolute atomic E-state index is 0.199. The van der Waals surface area contributed by atoms with Crippen molar-refractivity contribution in [1.29, 1.82) is 0 Å². The molecule has 0 aliphatic carbocycles. The Hall–Kier alpha value is -2.22. The molecule has 0 bridgehead atoms. The molecule has 2 rings (SSSR count). The number of hydrogen-bond acceptors (Lipinski definition) is 6. The second kappa shape index (κ2) is 9.82. The van der Waals surface area contributed by atoms with Gasteiger partial charge in [-0.2, -0.15) is 0 Å². The van der Waals surface area contributed by atoms with Crippen LogP contribution in [0.4, 0.5) is 5.00 Å². The Morgan fingerprint density at radius 3 is 2.46 bits per heavy atom. The quantitative estimate of drug-likeness (QED) is 0.498. The second-order valence-electron chi connectivity index (χ2n) is 6.84. The molecule has 8 heteroatoms. The molecule has 2 aromatic rings. The molecule has 0 radical (unpaired) electrons. The summed E-state index contributed by atoms with van der Waals surface area (Å²) < 4.78 is 5.05. The molecule has 6 nitrogen and oxygen atoms in total. The predicted octanol–water partition coefficient (Wildman–Crippen LogP) is 3.80. The van der Waals surface area contributed by atoms with Crippen molar-refractivity contribution >= 4 is 45.6 Å². The predicted molar refractivity (Wildman–Crippen MR) is 111 cm³/mol. The van der Waals surface area contributed by atoms with Crippen LogP contribution in [0.3, 0.4) is 0 Å². The highest BCUT2D eigenvalue weighted by Crippen LogP contribution is 2.30. The molecule has 1 aromatic heterocycles. The van der Waals surface area contributed by atoms with Crippen LogP contribution in [0.2, 0.25) is 5.02 Å². The van der Waals surface area contributed by atoms with E-state index in [1.807, 2.05) is 13.8 Å². The second-order valence-corrected chi connectivity index (χ2v) is 8.15. The molecule has 1 heterocycles. The van der Waals surface area contributed by atoms with Gasteiger partial charge in [0.2, 0.25) is 5.91 Å². The van der Waals surface area contributed by atoms with Crippen LogP contribution in [-0.4, -0.2) is 30.3 Å². The van der Waals surface area contributed by atoms with E-state index in [1.165, 1.54) is 11.3 Å². The van der Waals surface area contributed by atoms with Gasteiger partial charge >= 0.3 is 5.97 Å². The van der Waals surface area contributed by atoms with Gasteiger partial charge < -0.3 is 15.8 Å². The summed E-state index contributed by atoms with van der Waals surface area (Å²) in [6.45, 7) is 5.89. The number of rotatable bonds is 8. The molecule has 150 valence electrons. The van der Waals surface area contributed by atoms with Gasteiger partial charge in [0.15, 0.2) is 5.78 Å². The summed E-state index contributed by atoms with van der Waals surface area (Å²) in [4.78, 5) is 37.0. The van der Waals surface area contributed by atoms with Crippen LogP contribution in [0.25, 0.3) is 0 Å². The Bertz CT molecular complexity index is 862. The fraction of sp³-hybridized carbons (Fsp3) is 0.350. The van der Waals surface area contributed by atoms with E-state index >= 15 is 0 Å². The number of halogens is 1. The molecular formula is C20H23ClN2O4S. The molecule has 0 fully saturated rings. The van der Waals surface area contributed by atoms with E-state index in [1.54, 1.807) is 36.6 Å². The molecule has 1 amide bonds.